The minimum absolute atomic E-state index is 0.307. The predicted octanol–water partition coefficient (Wildman–Crippen LogP) is 1.21. The molecule has 0 aliphatic heterocycles. The number of anilines is 1. The molecule has 0 radical (unpaired) electrons. The fourth-order valence-electron chi connectivity index (χ4n) is 1.40. The van der Waals surface area contributed by atoms with E-state index < -0.39 is 5.97 Å². The van der Waals surface area contributed by atoms with E-state index in [0.717, 1.165) is 5.69 Å². The van der Waals surface area contributed by atoms with Crippen molar-refractivity contribution in [1.82, 2.24) is 4.73 Å². The van der Waals surface area contributed by atoms with Crippen molar-refractivity contribution >= 4 is 11.7 Å². The summed E-state index contributed by atoms with van der Waals surface area (Å²) in [6, 6.07) is 9.01. The molecule has 0 spiro atoms. The molecule has 0 bridgehead atoms. The van der Waals surface area contributed by atoms with Crippen LogP contribution in [-0.4, -0.2) is 28.0 Å². The molecule has 18 heavy (non-hydrogen) atoms. The molecular weight excluding hydrogens is 236 g/mol. The Morgan fingerprint density at radius 3 is 2.17 bits per heavy atom. The number of nitrogens with zero attached hydrogens (tertiary/aromatic N) is 1. The third-order valence-corrected chi connectivity index (χ3v) is 2.38. The normalized spacial score (nSPS) is 10.1. The van der Waals surface area contributed by atoms with Crippen molar-refractivity contribution < 1.29 is 19.8 Å². The summed E-state index contributed by atoms with van der Waals surface area (Å²) in [7, 11) is 1.77. The van der Waals surface area contributed by atoms with Crippen LogP contribution in [0.5, 0.6) is 11.8 Å². The molecule has 0 fully saturated rings. The van der Waals surface area contributed by atoms with Gasteiger partial charge in [0.25, 0.3) is 0 Å². The van der Waals surface area contributed by atoms with Gasteiger partial charge in [0.05, 0.1) is 5.56 Å². The predicted molar refractivity (Wildman–Crippen MR) is 64.7 cm³/mol. The first kappa shape index (κ1) is 11.8. The fraction of sp³-hybridized carbons (Fsp3) is 0.0833. The lowest BCUT2D eigenvalue weighted by Crippen LogP contribution is -2.19. The SMILES string of the molecule is CNc1ccc(C(=O)On2c(O)ccc2O)cc1. The van der Waals surface area contributed by atoms with Gasteiger partial charge in [0, 0.05) is 24.9 Å². The van der Waals surface area contributed by atoms with E-state index in [2.05, 4.69) is 5.32 Å². The number of rotatable bonds is 3. The van der Waals surface area contributed by atoms with Crippen LogP contribution in [0.25, 0.3) is 0 Å². The Balaban J connectivity index is 2.17. The van der Waals surface area contributed by atoms with Crippen LogP contribution in [0.15, 0.2) is 36.4 Å². The van der Waals surface area contributed by atoms with Gasteiger partial charge in [-0.25, -0.2) is 4.79 Å². The van der Waals surface area contributed by atoms with E-state index in [4.69, 9.17) is 4.84 Å². The van der Waals surface area contributed by atoms with Gasteiger partial charge in [-0.15, -0.1) is 4.73 Å². The Labute approximate surface area is 103 Å². The molecule has 6 heteroatoms. The zero-order valence-electron chi connectivity index (χ0n) is 9.62. The summed E-state index contributed by atoms with van der Waals surface area (Å²) in [6.45, 7) is 0. The van der Waals surface area contributed by atoms with Crippen LogP contribution in [0.1, 0.15) is 10.4 Å². The zero-order chi connectivity index (χ0) is 13.1. The van der Waals surface area contributed by atoms with Crippen LogP contribution in [0.2, 0.25) is 0 Å². The van der Waals surface area contributed by atoms with Crippen LogP contribution < -0.4 is 10.2 Å². The maximum atomic E-state index is 11.7. The van der Waals surface area contributed by atoms with Gasteiger partial charge in [0.15, 0.2) is 0 Å². The number of hydrogen-bond acceptors (Lipinski definition) is 5. The van der Waals surface area contributed by atoms with Crippen molar-refractivity contribution in [3.05, 3.63) is 42.0 Å². The number of aromatic hydroxyl groups is 2. The van der Waals surface area contributed by atoms with Gasteiger partial charge in [0.1, 0.15) is 0 Å². The standard InChI is InChI=1S/C12H12N2O4/c1-13-9-4-2-8(3-5-9)12(17)18-14-10(15)6-7-11(14)16/h2-7,13,15-16H,1H3. The molecule has 0 amide bonds. The molecule has 0 unspecified atom stereocenters. The van der Waals surface area contributed by atoms with E-state index in [1.165, 1.54) is 12.1 Å². The highest BCUT2D eigenvalue weighted by Gasteiger charge is 2.13. The fourth-order valence-corrected chi connectivity index (χ4v) is 1.40. The largest absolute Gasteiger partial charge is 0.492 e. The maximum Gasteiger partial charge on any atom is 0.363 e. The summed E-state index contributed by atoms with van der Waals surface area (Å²) >= 11 is 0. The highest BCUT2D eigenvalue weighted by atomic mass is 16.7. The van der Waals surface area contributed by atoms with Gasteiger partial charge in [-0.05, 0) is 24.3 Å². The van der Waals surface area contributed by atoms with Crippen molar-refractivity contribution in [2.24, 2.45) is 0 Å². The minimum atomic E-state index is -0.681. The van der Waals surface area contributed by atoms with Gasteiger partial charge in [0.2, 0.25) is 11.8 Å². The van der Waals surface area contributed by atoms with Crippen molar-refractivity contribution in [3.8, 4) is 11.8 Å². The van der Waals surface area contributed by atoms with Gasteiger partial charge in [-0.3, -0.25) is 0 Å². The number of hydrogen-bond donors (Lipinski definition) is 3. The lowest BCUT2D eigenvalue weighted by atomic mass is 10.2. The quantitative estimate of drug-likeness (QED) is 0.760. The second kappa shape index (κ2) is 4.70. The molecule has 0 aliphatic carbocycles. The van der Waals surface area contributed by atoms with E-state index in [-0.39, 0.29) is 11.8 Å². The summed E-state index contributed by atoms with van der Waals surface area (Å²) in [6.07, 6.45) is 0. The molecule has 1 heterocycles. The molecule has 2 rings (SSSR count). The zero-order valence-corrected chi connectivity index (χ0v) is 9.62. The van der Waals surface area contributed by atoms with Crippen molar-refractivity contribution in [3.63, 3.8) is 0 Å². The van der Waals surface area contributed by atoms with Gasteiger partial charge < -0.3 is 20.4 Å². The molecule has 2 aromatic rings. The van der Waals surface area contributed by atoms with Crippen LogP contribution in [0.3, 0.4) is 0 Å². The molecule has 0 aliphatic rings. The summed E-state index contributed by atoms with van der Waals surface area (Å²) in [5.41, 5.74) is 1.17. The molecule has 0 saturated heterocycles. The van der Waals surface area contributed by atoms with Crippen molar-refractivity contribution in [2.75, 3.05) is 12.4 Å². The number of carbonyl (C=O) groups excluding carboxylic acids is 1. The van der Waals surface area contributed by atoms with E-state index in [0.29, 0.717) is 10.3 Å². The van der Waals surface area contributed by atoms with Crippen molar-refractivity contribution in [1.29, 1.82) is 0 Å². The van der Waals surface area contributed by atoms with Crippen LogP contribution >= 0.6 is 0 Å². The van der Waals surface area contributed by atoms with E-state index in [1.54, 1.807) is 31.3 Å². The Morgan fingerprint density at radius 2 is 1.67 bits per heavy atom. The van der Waals surface area contributed by atoms with E-state index in [1.807, 2.05) is 0 Å². The smallest absolute Gasteiger partial charge is 0.363 e. The summed E-state index contributed by atoms with van der Waals surface area (Å²) in [5.74, 6) is -1.39. The highest BCUT2D eigenvalue weighted by molar-refractivity contribution is 5.90. The number of aromatic nitrogens is 1. The van der Waals surface area contributed by atoms with Crippen LogP contribution in [0.4, 0.5) is 5.69 Å². The summed E-state index contributed by atoms with van der Waals surface area (Å²) in [4.78, 5) is 16.6. The first-order chi connectivity index (χ1) is 8.61. The Morgan fingerprint density at radius 1 is 1.11 bits per heavy atom. The van der Waals surface area contributed by atoms with Gasteiger partial charge in [-0.2, -0.15) is 0 Å². The Bertz CT molecular complexity index is 540. The lowest BCUT2D eigenvalue weighted by molar-refractivity contribution is 0.0382. The van der Waals surface area contributed by atoms with Crippen LogP contribution in [-0.2, 0) is 0 Å². The Kier molecular flexibility index (Phi) is 3.09. The Hall–Kier alpha value is -2.63. The molecule has 0 atom stereocenters. The lowest BCUT2D eigenvalue weighted by Gasteiger charge is -2.07. The summed E-state index contributed by atoms with van der Waals surface area (Å²) in [5, 5.41) is 21.6. The number of benzene rings is 1. The number of carbonyl (C=O) groups is 1. The average molecular weight is 248 g/mol. The number of nitrogens with one attached hydrogen (secondary N) is 1. The minimum Gasteiger partial charge on any atom is -0.492 e. The van der Waals surface area contributed by atoms with E-state index in [9.17, 15) is 15.0 Å². The second-order valence-electron chi connectivity index (χ2n) is 3.55. The summed E-state index contributed by atoms with van der Waals surface area (Å²) < 4.78 is 0.647. The average Bonchev–Trinajstić information content (AvgIpc) is 2.70. The molecule has 6 nitrogen and oxygen atoms in total. The highest BCUT2D eigenvalue weighted by Crippen LogP contribution is 2.19. The maximum absolute atomic E-state index is 11.7. The molecular formula is C12H12N2O4. The monoisotopic (exact) mass is 248 g/mol. The van der Waals surface area contributed by atoms with Crippen LogP contribution in [0, 0.1) is 0 Å². The first-order valence-electron chi connectivity index (χ1n) is 5.22. The molecule has 3 N–H and O–H groups in total. The van der Waals surface area contributed by atoms with Gasteiger partial charge >= 0.3 is 5.97 Å². The molecule has 1 aromatic heterocycles. The topological polar surface area (TPSA) is 83.7 Å². The third kappa shape index (κ3) is 2.22. The van der Waals surface area contributed by atoms with Crippen molar-refractivity contribution in [2.45, 2.75) is 0 Å². The first-order valence-corrected chi connectivity index (χ1v) is 5.22. The van der Waals surface area contributed by atoms with Gasteiger partial charge in [-0.1, -0.05) is 0 Å². The second-order valence-corrected chi connectivity index (χ2v) is 3.55. The molecule has 94 valence electrons. The molecule has 0 saturated carbocycles. The molecule has 1 aromatic carbocycles. The third-order valence-electron chi connectivity index (χ3n) is 2.38. The van der Waals surface area contributed by atoms with E-state index >= 15 is 0 Å².